The molecule has 0 heterocycles. The van der Waals surface area contributed by atoms with E-state index in [2.05, 4.69) is 0 Å². The zero-order valence-electron chi connectivity index (χ0n) is 8.58. The van der Waals surface area contributed by atoms with Crippen LogP contribution in [0.1, 0.15) is 27.2 Å². The van der Waals surface area contributed by atoms with E-state index in [0.717, 1.165) is 11.9 Å². The summed E-state index contributed by atoms with van der Waals surface area (Å²) < 4.78 is 10.6. The largest absolute Gasteiger partial charge is 0.353 e. The van der Waals surface area contributed by atoms with Crippen LogP contribution in [0.25, 0.3) is 0 Å². The summed E-state index contributed by atoms with van der Waals surface area (Å²) in [4.78, 5) is 10.2. The standard InChI is InChI=1S/C10H18O3/c1-4-12-10(13-5-2)8-9(3)6-7-11/h6-7,10H,4-5,8H2,1-3H3. The average Bonchev–Trinajstić information content (AvgIpc) is 2.05. The average molecular weight is 186 g/mol. The van der Waals surface area contributed by atoms with Gasteiger partial charge in [-0.05, 0) is 26.8 Å². The van der Waals surface area contributed by atoms with Crippen LogP contribution in [0.2, 0.25) is 0 Å². The molecule has 0 N–H and O–H groups in total. The molecule has 0 aliphatic carbocycles. The van der Waals surface area contributed by atoms with E-state index >= 15 is 0 Å². The van der Waals surface area contributed by atoms with Crippen LogP contribution in [-0.4, -0.2) is 25.8 Å². The highest BCUT2D eigenvalue weighted by molar-refractivity contribution is 5.65. The van der Waals surface area contributed by atoms with Crippen LogP contribution >= 0.6 is 0 Å². The van der Waals surface area contributed by atoms with E-state index in [0.29, 0.717) is 19.6 Å². The lowest BCUT2D eigenvalue weighted by molar-refractivity contribution is -0.134. The Morgan fingerprint density at radius 1 is 1.31 bits per heavy atom. The first kappa shape index (κ1) is 12.3. The normalized spacial score (nSPS) is 12.2. The van der Waals surface area contributed by atoms with Crippen LogP contribution in [0, 0.1) is 0 Å². The summed E-state index contributed by atoms with van der Waals surface area (Å²) in [7, 11) is 0. The first-order valence-corrected chi connectivity index (χ1v) is 4.58. The van der Waals surface area contributed by atoms with Crippen molar-refractivity contribution >= 4 is 6.29 Å². The molecule has 0 saturated carbocycles. The number of hydrogen-bond acceptors (Lipinski definition) is 3. The number of carbonyl (C=O) groups excluding carboxylic acids is 1. The SMILES string of the molecule is CCOC(CC(C)=CC=O)OCC. The fourth-order valence-corrected chi connectivity index (χ4v) is 0.985. The van der Waals surface area contributed by atoms with Gasteiger partial charge in [-0.2, -0.15) is 0 Å². The predicted molar refractivity (Wildman–Crippen MR) is 51.5 cm³/mol. The fraction of sp³-hybridized carbons (Fsp3) is 0.700. The van der Waals surface area contributed by atoms with Crippen molar-refractivity contribution in [2.75, 3.05) is 13.2 Å². The van der Waals surface area contributed by atoms with Crippen molar-refractivity contribution in [3.63, 3.8) is 0 Å². The van der Waals surface area contributed by atoms with E-state index in [1.807, 2.05) is 20.8 Å². The van der Waals surface area contributed by atoms with Gasteiger partial charge in [-0.3, -0.25) is 4.79 Å². The molecule has 13 heavy (non-hydrogen) atoms. The van der Waals surface area contributed by atoms with Gasteiger partial charge < -0.3 is 9.47 Å². The van der Waals surface area contributed by atoms with Crippen LogP contribution < -0.4 is 0 Å². The number of rotatable bonds is 7. The van der Waals surface area contributed by atoms with E-state index in [1.165, 1.54) is 6.08 Å². The molecule has 76 valence electrons. The van der Waals surface area contributed by atoms with Crippen molar-refractivity contribution in [2.45, 2.75) is 33.5 Å². The van der Waals surface area contributed by atoms with Gasteiger partial charge in [-0.15, -0.1) is 0 Å². The first-order valence-electron chi connectivity index (χ1n) is 4.58. The predicted octanol–water partition coefficient (Wildman–Crippen LogP) is 1.92. The Morgan fingerprint density at radius 2 is 1.85 bits per heavy atom. The second kappa shape index (κ2) is 7.95. The molecule has 3 nitrogen and oxygen atoms in total. The number of allylic oxidation sites excluding steroid dienone is 1. The summed E-state index contributed by atoms with van der Waals surface area (Å²) in [5.74, 6) is 0. The Morgan fingerprint density at radius 3 is 2.23 bits per heavy atom. The quantitative estimate of drug-likeness (QED) is 0.346. The summed E-state index contributed by atoms with van der Waals surface area (Å²) in [5, 5.41) is 0. The molecule has 0 bridgehead atoms. The maximum Gasteiger partial charge on any atom is 0.161 e. The highest BCUT2D eigenvalue weighted by Gasteiger charge is 2.07. The van der Waals surface area contributed by atoms with Gasteiger partial charge >= 0.3 is 0 Å². The van der Waals surface area contributed by atoms with Crippen LogP contribution in [0.5, 0.6) is 0 Å². The second-order valence-corrected chi connectivity index (χ2v) is 2.69. The van der Waals surface area contributed by atoms with Gasteiger partial charge in [0.2, 0.25) is 0 Å². The Labute approximate surface area is 79.7 Å². The molecule has 0 amide bonds. The van der Waals surface area contributed by atoms with E-state index in [4.69, 9.17) is 9.47 Å². The molecule has 0 spiro atoms. The lowest BCUT2D eigenvalue weighted by Crippen LogP contribution is -2.17. The Hall–Kier alpha value is -0.670. The van der Waals surface area contributed by atoms with Gasteiger partial charge in [0.1, 0.15) is 6.29 Å². The van der Waals surface area contributed by atoms with Crippen molar-refractivity contribution in [1.82, 2.24) is 0 Å². The minimum Gasteiger partial charge on any atom is -0.353 e. The highest BCUT2D eigenvalue weighted by Crippen LogP contribution is 2.08. The van der Waals surface area contributed by atoms with Gasteiger partial charge in [0.25, 0.3) is 0 Å². The van der Waals surface area contributed by atoms with Gasteiger partial charge in [0.15, 0.2) is 6.29 Å². The molecular weight excluding hydrogens is 168 g/mol. The van der Waals surface area contributed by atoms with Crippen LogP contribution in [-0.2, 0) is 14.3 Å². The smallest absolute Gasteiger partial charge is 0.161 e. The molecule has 0 aromatic carbocycles. The molecule has 0 aliphatic rings. The molecule has 0 aromatic rings. The molecule has 0 saturated heterocycles. The van der Waals surface area contributed by atoms with E-state index < -0.39 is 0 Å². The maximum absolute atomic E-state index is 10.2. The minimum absolute atomic E-state index is 0.216. The zero-order chi connectivity index (χ0) is 10.1. The van der Waals surface area contributed by atoms with Gasteiger partial charge in [0, 0.05) is 19.6 Å². The van der Waals surface area contributed by atoms with Crippen LogP contribution in [0.15, 0.2) is 11.6 Å². The van der Waals surface area contributed by atoms with Gasteiger partial charge in [-0.25, -0.2) is 0 Å². The molecule has 0 aliphatic heterocycles. The Balaban J connectivity index is 3.92. The lowest BCUT2D eigenvalue weighted by Gasteiger charge is -2.16. The van der Waals surface area contributed by atoms with E-state index in [9.17, 15) is 4.79 Å². The summed E-state index contributed by atoms with van der Waals surface area (Å²) in [5.41, 5.74) is 0.974. The number of hydrogen-bond donors (Lipinski definition) is 0. The molecule has 3 heteroatoms. The van der Waals surface area contributed by atoms with Crippen LogP contribution in [0.3, 0.4) is 0 Å². The van der Waals surface area contributed by atoms with Crippen molar-refractivity contribution in [1.29, 1.82) is 0 Å². The number of ether oxygens (including phenoxy) is 2. The Kier molecular flexibility index (Phi) is 7.54. The third-order valence-electron chi connectivity index (χ3n) is 1.55. The topological polar surface area (TPSA) is 35.5 Å². The molecule has 0 fully saturated rings. The molecule has 0 radical (unpaired) electrons. The Bertz CT molecular complexity index is 158. The molecule has 0 atom stereocenters. The van der Waals surface area contributed by atoms with Crippen molar-refractivity contribution in [3.8, 4) is 0 Å². The second-order valence-electron chi connectivity index (χ2n) is 2.69. The molecule has 0 rings (SSSR count). The van der Waals surface area contributed by atoms with Gasteiger partial charge in [0.05, 0.1) is 0 Å². The fourth-order valence-electron chi connectivity index (χ4n) is 0.985. The van der Waals surface area contributed by atoms with Gasteiger partial charge in [-0.1, -0.05) is 5.57 Å². The number of aldehydes is 1. The maximum atomic E-state index is 10.2. The third kappa shape index (κ3) is 6.49. The van der Waals surface area contributed by atoms with Crippen molar-refractivity contribution < 1.29 is 14.3 Å². The molecular formula is C10H18O3. The minimum atomic E-state index is -0.216. The monoisotopic (exact) mass is 186 g/mol. The van der Waals surface area contributed by atoms with Crippen LogP contribution in [0.4, 0.5) is 0 Å². The third-order valence-corrected chi connectivity index (χ3v) is 1.55. The summed E-state index contributed by atoms with van der Waals surface area (Å²) in [6.45, 7) is 6.98. The van der Waals surface area contributed by atoms with Crippen molar-refractivity contribution in [2.24, 2.45) is 0 Å². The number of carbonyl (C=O) groups is 1. The zero-order valence-corrected chi connectivity index (χ0v) is 8.58. The summed E-state index contributed by atoms with van der Waals surface area (Å²) >= 11 is 0. The lowest BCUT2D eigenvalue weighted by atomic mass is 10.2. The molecule has 0 aromatic heterocycles. The summed E-state index contributed by atoms with van der Waals surface area (Å²) in [6.07, 6.45) is 2.75. The van der Waals surface area contributed by atoms with E-state index in [-0.39, 0.29) is 6.29 Å². The van der Waals surface area contributed by atoms with Crippen molar-refractivity contribution in [3.05, 3.63) is 11.6 Å². The highest BCUT2D eigenvalue weighted by atomic mass is 16.7. The van der Waals surface area contributed by atoms with E-state index in [1.54, 1.807) is 0 Å². The summed E-state index contributed by atoms with van der Waals surface area (Å²) in [6, 6.07) is 0. The first-order chi connectivity index (χ1) is 6.24. The molecule has 0 unspecified atom stereocenters.